The Kier molecular flexibility index (Phi) is 14.8. The number of hydrogen-bond acceptors (Lipinski definition) is 4. The SMILES string of the molecule is CCCCCCCCCC(COCCOC)NN. The molecule has 1 unspecified atom stereocenters. The Bertz CT molecular complexity index is 157. The number of hydrogen-bond donors (Lipinski definition) is 2. The van der Waals surface area contributed by atoms with Crippen LogP contribution in [0.3, 0.4) is 0 Å². The summed E-state index contributed by atoms with van der Waals surface area (Å²) in [5, 5.41) is 0. The van der Waals surface area contributed by atoms with E-state index in [9.17, 15) is 0 Å². The molecule has 3 N–H and O–H groups in total. The minimum absolute atomic E-state index is 0.275. The Hall–Kier alpha value is -0.160. The molecule has 0 aliphatic carbocycles. The summed E-state index contributed by atoms with van der Waals surface area (Å²) in [6.07, 6.45) is 10.4. The van der Waals surface area contributed by atoms with E-state index in [2.05, 4.69) is 12.3 Å². The molecule has 110 valence electrons. The first kappa shape index (κ1) is 17.8. The third-order valence-corrected chi connectivity index (χ3v) is 3.14. The summed E-state index contributed by atoms with van der Waals surface area (Å²) in [7, 11) is 1.68. The summed E-state index contributed by atoms with van der Waals surface area (Å²) < 4.78 is 10.4. The summed E-state index contributed by atoms with van der Waals surface area (Å²) in [5.74, 6) is 5.51. The standard InChI is InChI=1S/C14H32N2O2/c1-3-4-5-6-7-8-9-10-14(16-15)13-18-12-11-17-2/h14,16H,3-13,15H2,1-2H3. The third kappa shape index (κ3) is 12.3. The van der Waals surface area contributed by atoms with Gasteiger partial charge in [0.25, 0.3) is 0 Å². The highest BCUT2D eigenvalue weighted by Gasteiger charge is 2.05. The van der Waals surface area contributed by atoms with Crippen LogP contribution in [-0.2, 0) is 9.47 Å². The summed E-state index contributed by atoms with van der Waals surface area (Å²) >= 11 is 0. The lowest BCUT2D eigenvalue weighted by molar-refractivity contribution is 0.0571. The lowest BCUT2D eigenvalue weighted by atomic mass is 10.1. The first-order chi connectivity index (χ1) is 8.85. The average molecular weight is 260 g/mol. The highest BCUT2D eigenvalue weighted by atomic mass is 16.5. The zero-order valence-electron chi connectivity index (χ0n) is 12.2. The average Bonchev–Trinajstić information content (AvgIpc) is 2.40. The van der Waals surface area contributed by atoms with Gasteiger partial charge in [-0.2, -0.15) is 0 Å². The first-order valence-corrected chi connectivity index (χ1v) is 7.38. The number of nitrogens with one attached hydrogen (secondary N) is 1. The van der Waals surface area contributed by atoms with Gasteiger partial charge >= 0.3 is 0 Å². The van der Waals surface area contributed by atoms with E-state index >= 15 is 0 Å². The Morgan fingerprint density at radius 3 is 2.28 bits per heavy atom. The second-order valence-electron chi connectivity index (χ2n) is 4.84. The second-order valence-corrected chi connectivity index (χ2v) is 4.84. The second kappa shape index (κ2) is 14.9. The van der Waals surface area contributed by atoms with E-state index in [0.29, 0.717) is 19.8 Å². The smallest absolute Gasteiger partial charge is 0.0701 e. The normalized spacial score (nSPS) is 12.8. The molecule has 0 saturated carbocycles. The lowest BCUT2D eigenvalue weighted by Gasteiger charge is -2.15. The quantitative estimate of drug-likeness (QED) is 0.286. The fourth-order valence-corrected chi connectivity index (χ4v) is 1.93. The van der Waals surface area contributed by atoms with Crippen LogP contribution in [0.15, 0.2) is 0 Å². The highest BCUT2D eigenvalue weighted by Crippen LogP contribution is 2.09. The van der Waals surface area contributed by atoms with Gasteiger partial charge in [-0.15, -0.1) is 0 Å². The molecule has 0 rings (SSSR count). The Morgan fingerprint density at radius 2 is 1.67 bits per heavy atom. The zero-order valence-corrected chi connectivity index (χ0v) is 12.2. The van der Waals surface area contributed by atoms with Gasteiger partial charge in [0.05, 0.1) is 19.8 Å². The van der Waals surface area contributed by atoms with Gasteiger partial charge in [-0.1, -0.05) is 51.9 Å². The fraction of sp³-hybridized carbons (Fsp3) is 1.00. The van der Waals surface area contributed by atoms with Gasteiger partial charge in [0.2, 0.25) is 0 Å². The van der Waals surface area contributed by atoms with Crippen LogP contribution in [-0.4, -0.2) is 33.0 Å². The van der Waals surface area contributed by atoms with Crippen LogP contribution in [0.4, 0.5) is 0 Å². The molecule has 0 amide bonds. The van der Waals surface area contributed by atoms with Crippen LogP contribution in [0.1, 0.15) is 58.3 Å². The van der Waals surface area contributed by atoms with E-state index in [1.54, 1.807) is 7.11 Å². The summed E-state index contributed by atoms with van der Waals surface area (Å²) in [5.41, 5.74) is 2.82. The Labute approximate surface area is 113 Å². The molecule has 0 heterocycles. The predicted octanol–water partition coefficient (Wildman–Crippen LogP) is 2.62. The molecule has 0 aliphatic rings. The maximum atomic E-state index is 5.51. The topological polar surface area (TPSA) is 56.5 Å². The van der Waals surface area contributed by atoms with E-state index in [1.807, 2.05) is 0 Å². The van der Waals surface area contributed by atoms with Crippen molar-refractivity contribution in [3.05, 3.63) is 0 Å². The van der Waals surface area contributed by atoms with Gasteiger partial charge in [-0.05, 0) is 6.42 Å². The highest BCUT2D eigenvalue weighted by molar-refractivity contribution is 4.62. The zero-order chi connectivity index (χ0) is 13.5. The van der Waals surface area contributed by atoms with Gasteiger partial charge in [-0.3, -0.25) is 11.3 Å². The van der Waals surface area contributed by atoms with Crippen LogP contribution in [0.25, 0.3) is 0 Å². The number of rotatable bonds is 14. The van der Waals surface area contributed by atoms with E-state index < -0.39 is 0 Å². The van der Waals surface area contributed by atoms with Crippen molar-refractivity contribution >= 4 is 0 Å². The molecule has 18 heavy (non-hydrogen) atoms. The minimum Gasteiger partial charge on any atom is -0.382 e. The van der Waals surface area contributed by atoms with Gasteiger partial charge < -0.3 is 9.47 Å². The Balaban J connectivity index is 3.27. The van der Waals surface area contributed by atoms with Crippen molar-refractivity contribution in [2.75, 3.05) is 26.9 Å². The molecular weight excluding hydrogens is 228 g/mol. The van der Waals surface area contributed by atoms with E-state index in [0.717, 1.165) is 6.42 Å². The van der Waals surface area contributed by atoms with Crippen molar-refractivity contribution in [2.24, 2.45) is 5.84 Å². The minimum atomic E-state index is 0.275. The van der Waals surface area contributed by atoms with Crippen molar-refractivity contribution in [3.63, 3.8) is 0 Å². The maximum absolute atomic E-state index is 5.51. The van der Waals surface area contributed by atoms with Gasteiger partial charge in [0.15, 0.2) is 0 Å². The molecule has 0 aromatic carbocycles. The van der Waals surface area contributed by atoms with Gasteiger partial charge in [-0.25, -0.2) is 0 Å². The number of methoxy groups -OCH3 is 1. The van der Waals surface area contributed by atoms with Crippen LogP contribution in [0.5, 0.6) is 0 Å². The number of unbranched alkanes of at least 4 members (excludes halogenated alkanes) is 6. The molecule has 0 aliphatic heterocycles. The molecule has 1 atom stereocenters. The molecule has 0 spiro atoms. The molecule has 0 saturated heterocycles. The molecule has 0 aromatic heterocycles. The number of hydrazine groups is 1. The van der Waals surface area contributed by atoms with Crippen molar-refractivity contribution < 1.29 is 9.47 Å². The summed E-state index contributed by atoms with van der Waals surface area (Å²) in [6.45, 7) is 4.22. The number of ether oxygens (including phenoxy) is 2. The monoisotopic (exact) mass is 260 g/mol. The predicted molar refractivity (Wildman–Crippen MR) is 76.4 cm³/mol. The van der Waals surface area contributed by atoms with Crippen LogP contribution < -0.4 is 11.3 Å². The van der Waals surface area contributed by atoms with Crippen LogP contribution >= 0.6 is 0 Å². The van der Waals surface area contributed by atoms with Crippen molar-refractivity contribution in [2.45, 2.75) is 64.3 Å². The molecular formula is C14H32N2O2. The molecule has 0 bridgehead atoms. The van der Waals surface area contributed by atoms with E-state index in [-0.39, 0.29) is 6.04 Å². The van der Waals surface area contributed by atoms with E-state index in [1.165, 1.54) is 44.9 Å². The summed E-state index contributed by atoms with van der Waals surface area (Å²) in [6, 6.07) is 0.275. The van der Waals surface area contributed by atoms with Crippen LogP contribution in [0, 0.1) is 0 Å². The van der Waals surface area contributed by atoms with Crippen molar-refractivity contribution in [3.8, 4) is 0 Å². The Morgan fingerprint density at radius 1 is 1.00 bits per heavy atom. The van der Waals surface area contributed by atoms with Gasteiger partial charge in [0.1, 0.15) is 0 Å². The third-order valence-electron chi connectivity index (χ3n) is 3.14. The summed E-state index contributed by atoms with van der Waals surface area (Å²) in [4.78, 5) is 0. The first-order valence-electron chi connectivity index (χ1n) is 7.38. The lowest BCUT2D eigenvalue weighted by Crippen LogP contribution is -2.38. The molecule has 0 fully saturated rings. The van der Waals surface area contributed by atoms with E-state index in [4.69, 9.17) is 15.3 Å². The maximum Gasteiger partial charge on any atom is 0.0701 e. The molecule has 0 aromatic rings. The molecule has 0 radical (unpaired) electrons. The number of nitrogens with two attached hydrogens (primary N) is 1. The molecule has 4 heteroatoms. The fourth-order valence-electron chi connectivity index (χ4n) is 1.93. The van der Waals surface area contributed by atoms with Crippen LogP contribution in [0.2, 0.25) is 0 Å². The van der Waals surface area contributed by atoms with Crippen molar-refractivity contribution in [1.29, 1.82) is 0 Å². The van der Waals surface area contributed by atoms with Gasteiger partial charge in [0, 0.05) is 13.2 Å². The van der Waals surface area contributed by atoms with Crippen molar-refractivity contribution in [1.82, 2.24) is 5.43 Å². The molecule has 4 nitrogen and oxygen atoms in total. The largest absolute Gasteiger partial charge is 0.382 e.